The van der Waals surface area contributed by atoms with Gasteiger partial charge >= 0.3 is 0 Å². The molecule has 0 spiro atoms. The van der Waals surface area contributed by atoms with Crippen LogP contribution in [0.3, 0.4) is 0 Å². The second-order valence-electron chi connectivity index (χ2n) is 3.85. The lowest BCUT2D eigenvalue weighted by atomic mass is 9.88. The Morgan fingerprint density at radius 3 is 2.29 bits per heavy atom. The van der Waals surface area contributed by atoms with Gasteiger partial charge in [-0.2, -0.15) is 0 Å². The largest absolute Gasteiger partial charge is 0.207 e. The van der Waals surface area contributed by atoms with Gasteiger partial charge in [0.2, 0.25) is 0 Å². The molecule has 0 fully saturated rings. The summed E-state index contributed by atoms with van der Waals surface area (Å²) in [5, 5.41) is 1.72. The quantitative estimate of drug-likeness (QED) is 0.730. The van der Waals surface area contributed by atoms with Gasteiger partial charge in [0, 0.05) is 10.7 Å². The van der Waals surface area contributed by atoms with E-state index in [1.54, 1.807) is 6.07 Å². The van der Waals surface area contributed by atoms with Gasteiger partial charge in [0.25, 0.3) is 0 Å². The first kappa shape index (κ1) is 12.2. The van der Waals surface area contributed by atoms with Gasteiger partial charge in [-0.15, -0.1) is 0 Å². The van der Waals surface area contributed by atoms with E-state index in [4.69, 9.17) is 0 Å². The SMILES string of the molecule is CC(CBr)(CBr)Cc1ccccc1F. The highest BCUT2D eigenvalue weighted by atomic mass is 79.9. The average molecular weight is 324 g/mol. The maximum atomic E-state index is 13.4. The molecule has 1 rings (SSSR count). The number of hydrogen-bond acceptors (Lipinski definition) is 0. The van der Waals surface area contributed by atoms with Crippen molar-refractivity contribution in [2.24, 2.45) is 5.41 Å². The number of benzene rings is 1. The van der Waals surface area contributed by atoms with Crippen LogP contribution in [0.5, 0.6) is 0 Å². The third-order valence-electron chi connectivity index (χ3n) is 2.22. The highest BCUT2D eigenvalue weighted by molar-refractivity contribution is 9.09. The maximum Gasteiger partial charge on any atom is 0.126 e. The van der Waals surface area contributed by atoms with Gasteiger partial charge in [-0.1, -0.05) is 57.0 Å². The van der Waals surface area contributed by atoms with Crippen molar-refractivity contribution in [2.75, 3.05) is 10.7 Å². The molecule has 0 saturated carbocycles. The van der Waals surface area contributed by atoms with Crippen LogP contribution in [0.2, 0.25) is 0 Å². The first-order valence-electron chi connectivity index (χ1n) is 4.47. The summed E-state index contributed by atoms with van der Waals surface area (Å²) in [4.78, 5) is 0. The zero-order valence-electron chi connectivity index (χ0n) is 8.06. The molecule has 14 heavy (non-hydrogen) atoms. The number of alkyl halides is 2. The molecule has 1 aromatic carbocycles. The molecular formula is C11H13Br2F. The van der Waals surface area contributed by atoms with Gasteiger partial charge in [-0.3, -0.25) is 0 Å². The Kier molecular flexibility index (Phi) is 4.58. The van der Waals surface area contributed by atoms with Crippen molar-refractivity contribution in [3.8, 4) is 0 Å². The van der Waals surface area contributed by atoms with E-state index in [1.807, 2.05) is 12.1 Å². The third kappa shape index (κ3) is 3.06. The summed E-state index contributed by atoms with van der Waals surface area (Å²) in [5.74, 6) is -0.111. The smallest absolute Gasteiger partial charge is 0.126 e. The van der Waals surface area contributed by atoms with Crippen LogP contribution < -0.4 is 0 Å². The zero-order chi connectivity index (χ0) is 10.6. The van der Waals surface area contributed by atoms with E-state index in [2.05, 4.69) is 38.8 Å². The van der Waals surface area contributed by atoms with Crippen molar-refractivity contribution >= 4 is 31.9 Å². The van der Waals surface area contributed by atoms with E-state index in [9.17, 15) is 4.39 Å². The number of halogens is 3. The summed E-state index contributed by atoms with van der Waals surface area (Å²) in [5.41, 5.74) is 0.858. The van der Waals surface area contributed by atoms with Crippen molar-refractivity contribution < 1.29 is 4.39 Å². The van der Waals surface area contributed by atoms with Gasteiger partial charge in [0.05, 0.1) is 0 Å². The molecule has 0 aliphatic heterocycles. The van der Waals surface area contributed by atoms with Crippen LogP contribution in [0, 0.1) is 11.2 Å². The Balaban J connectivity index is 2.82. The molecule has 1 aromatic rings. The molecule has 0 aromatic heterocycles. The topological polar surface area (TPSA) is 0 Å². The summed E-state index contributed by atoms with van der Waals surface area (Å²) in [6.07, 6.45) is 0.746. The lowest BCUT2D eigenvalue weighted by molar-refractivity contribution is 0.427. The van der Waals surface area contributed by atoms with Gasteiger partial charge < -0.3 is 0 Å². The van der Waals surface area contributed by atoms with Crippen LogP contribution in [-0.4, -0.2) is 10.7 Å². The van der Waals surface area contributed by atoms with E-state index in [0.29, 0.717) is 0 Å². The minimum Gasteiger partial charge on any atom is -0.207 e. The summed E-state index contributed by atoms with van der Waals surface area (Å²) in [6, 6.07) is 6.96. The maximum absolute atomic E-state index is 13.4. The molecule has 0 aliphatic rings. The second-order valence-corrected chi connectivity index (χ2v) is 4.97. The zero-order valence-corrected chi connectivity index (χ0v) is 11.2. The van der Waals surface area contributed by atoms with E-state index in [0.717, 1.165) is 22.6 Å². The van der Waals surface area contributed by atoms with Gasteiger partial charge in [-0.05, 0) is 23.5 Å². The molecule has 0 nitrogen and oxygen atoms in total. The van der Waals surface area contributed by atoms with E-state index >= 15 is 0 Å². The lowest BCUT2D eigenvalue weighted by Gasteiger charge is -2.24. The van der Waals surface area contributed by atoms with Gasteiger partial charge in [-0.25, -0.2) is 4.39 Å². The summed E-state index contributed by atoms with van der Waals surface area (Å²) < 4.78 is 13.4. The summed E-state index contributed by atoms with van der Waals surface area (Å²) >= 11 is 6.92. The van der Waals surface area contributed by atoms with Crippen molar-refractivity contribution in [3.63, 3.8) is 0 Å². The van der Waals surface area contributed by atoms with Gasteiger partial charge in [0.15, 0.2) is 0 Å². The molecule has 0 bridgehead atoms. The molecule has 78 valence electrons. The minimum absolute atomic E-state index is 0.0716. The first-order chi connectivity index (χ1) is 6.61. The fourth-order valence-corrected chi connectivity index (χ4v) is 2.56. The van der Waals surface area contributed by atoms with Crippen molar-refractivity contribution in [1.29, 1.82) is 0 Å². The van der Waals surface area contributed by atoms with E-state index in [-0.39, 0.29) is 11.2 Å². The monoisotopic (exact) mass is 322 g/mol. The summed E-state index contributed by atoms with van der Waals surface area (Å²) in [6.45, 7) is 2.13. The van der Waals surface area contributed by atoms with Crippen LogP contribution in [0.25, 0.3) is 0 Å². The van der Waals surface area contributed by atoms with Crippen molar-refractivity contribution in [3.05, 3.63) is 35.6 Å². The van der Waals surface area contributed by atoms with Crippen LogP contribution >= 0.6 is 31.9 Å². The molecule has 0 atom stereocenters. The molecule has 0 unspecified atom stereocenters. The minimum atomic E-state index is -0.111. The molecule has 3 heteroatoms. The van der Waals surface area contributed by atoms with Crippen LogP contribution in [0.4, 0.5) is 4.39 Å². The van der Waals surface area contributed by atoms with Crippen LogP contribution in [-0.2, 0) is 6.42 Å². The molecule has 0 saturated heterocycles. The predicted octanol–water partition coefficient (Wildman–Crippen LogP) is 4.16. The highest BCUT2D eigenvalue weighted by Gasteiger charge is 2.23. The molecule has 0 radical (unpaired) electrons. The molecular weight excluding hydrogens is 311 g/mol. The van der Waals surface area contributed by atoms with Crippen LogP contribution in [0.1, 0.15) is 12.5 Å². The average Bonchev–Trinajstić information content (AvgIpc) is 2.21. The first-order valence-corrected chi connectivity index (χ1v) is 6.71. The Bertz CT molecular complexity index is 295. The third-order valence-corrected chi connectivity index (χ3v) is 4.93. The fraction of sp³-hybridized carbons (Fsp3) is 0.455. The number of rotatable bonds is 4. The molecule has 0 amide bonds. The molecule has 0 aliphatic carbocycles. The standard InChI is InChI=1S/C11H13Br2F/c1-11(7-12,8-13)6-9-4-2-3-5-10(9)14/h2-5H,6-8H2,1H3. The Morgan fingerprint density at radius 1 is 1.21 bits per heavy atom. The van der Waals surface area contributed by atoms with Gasteiger partial charge in [0.1, 0.15) is 5.82 Å². The normalized spacial score (nSPS) is 11.7. The lowest BCUT2D eigenvalue weighted by Crippen LogP contribution is -2.23. The highest BCUT2D eigenvalue weighted by Crippen LogP contribution is 2.28. The predicted molar refractivity (Wildman–Crippen MR) is 65.8 cm³/mol. The Hall–Kier alpha value is 0.110. The molecule has 0 N–H and O–H groups in total. The summed E-state index contributed by atoms with van der Waals surface area (Å²) in [7, 11) is 0. The van der Waals surface area contributed by atoms with Crippen molar-refractivity contribution in [2.45, 2.75) is 13.3 Å². The van der Waals surface area contributed by atoms with E-state index < -0.39 is 0 Å². The Labute approximate surface area is 101 Å². The van der Waals surface area contributed by atoms with E-state index in [1.165, 1.54) is 6.07 Å². The fourth-order valence-electron chi connectivity index (χ4n) is 1.23. The molecule has 0 heterocycles. The van der Waals surface area contributed by atoms with Crippen LogP contribution in [0.15, 0.2) is 24.3 Å². The Morgan fingerprint density at radius 2 is 1.79 bits per heavy atom. The second kappa shape index (κ2) is 5.26. The van der Waals surface area contributed by atoms with Crippen molar-refractivity contribution in [1.82, 2.24) is 0 Å². The number of hydrogen-bond donors (Lipinski definition) is 0.